The van der Waals surface area contributed by atoms with Gasteiger partial charge in [0.1, 0.15) is 6.61 Å². The van der Waals surface area contributed by atoms with Crippen molar-refractivity contribution in [1.82, 2.24) is 0 Å². The third-order valence-electron chi connectivity index (χ3n) is 0.792. The fourth-order valence-electron chi connectivity index (χ4n) is 0.365. The van der Waals surface area contributed by atoms with Crippen LogP contribution in [0.1, 0.15) is 20.8 Å². The molecule has 0 aromatic carbocycles. The molecule has 0 atom stereocenters. The van der Waals surface area contributed by atoms with Crippen LogP contribution in [-0.4, -0.2) is 11.7 Å². The SMILES string of the molecule is CC(C)(C)C#CC#CC#CCO. The third kappa shape index (κ3) is 8.64. The highest BCUT2D eigenvalue weighted by atomic mass is 16.2. The van der Waals surface area contributed by atoms with Gasteiger partial charge in [0.25, 0.3) is 0 Å². The number of aliphatic hydroxyl groups is 1. The Labute approximate surface area is 74.2 Å². The Morgan fingerprint density at radius 1 is 1.00 bits per heavy atom. The summed E-state index contributed by atoms with van der Waals surface area (Å²) in [6.45, 7) is 5.89. The zero-order valence-electron chi connectivity index (χ0n) is 7.65. The lowest BCUT2D eigenvalue weighted by Gasteiger charge is -2.05. The molecule has 0 aliphatic rings. The summed E-state index contributed by atoms with van der Waals surface area (Å²) in [4.78, 5) is 0. The van der Waals surface area contributed by atoms with Crippen molar-refractivity contribution in [2.24, 2.45) is 5.41 Å². The highest BCUT2D eigenvalue weighted by Gasteiger charge is 2.02. The van der Waals surface area contributed by atoms with Gasteiger partial charge in [-0.1, -0.05) is 11.8 Å². The van der Waals surface area contributed by atoms with E-state index in [0.717, 1.165) is 0 Å². The van der Waals surface area contributed by atoms with Crippen LogP contribution in [0.3, 0.4) is 0 Å². The van der Waals surface area contributed by atoms with Gasteiger partial charge in [0.05, 0.1) is 0 Å². The average Bonchev–Trinajstić information content (AvgIpc) is 1.94. The van der Waals surface area contributed by atoms with E-state index in [-0.39, 0.29) is 12.0 Å². The van der Waals surface area contributed by atoms with Gasteiger partial charge in [0, 0.05) is 5.41 Å². The molecule has 0 aliphatic heterocycles. The zero-order valence-corrected chi connectivity index (χ0v) is 7.65. The largest absolute Gasteiger partial charge is 0.384 e. The summed E-state index contributed by atoms with van der Waals surface area (Å²) in [5.41, 5.74) is -0.0148. The van der Waals surface area contributed by atoms with Gasteiger partial charge < -0.3 is 5.11 Å². The minimum absolute atomic E-state index is 0.0148. The van der Waals surface area contributed by atoms with Gasteiger partial charge in [0.15, 0.2) is 0 Å². The van der Waals surface area contributed by atoms with Gasteiger partial charge in [-0.15, -0.1) is 0 Å². The van der Waals surface area contributed by atoms with Crippen molar-refractivity contribution in [3.05, 3.63) is 0 Å². The Hall–Kier alpha value is -1.36. The fourth-order valence-corrected chi connectivity index (χ4v) is 0.365. The van der Waals surface area contributed by atoms with Gasteiger partial charge in [0.2, 0.25) is 0 Å². The van der Waals surface area contributed by atoms with Crippen LogP contribution in [0, 0.1) is 40.9 Å². The first-order chi connectivity index (χ1) is 5.56. The molecule has 0 aliphatic carbocycles. The number of hydrogen-bond acceptors (Lipinski definition) is 1. The molecule has 0 fully saturated rings. The summed E-state index contributed by atoms with van der Waals surface area (Å²) < 4.78 is 0. The van der Waals surface area contributed by atoms with Crippen molar-refractivity contribution in [3.63, 3.8) is 0 Å². The Morgan fingerprint density at radius 2 is 1.58 bits per heavy atom. The highest BCUT2D eigenvalue weighted by molar-refractivity contribution is 5.36. The van der Waals surface area contributed by atoms with E-state index < -0.39 is 0 Å². The molecule has 1 nitrogen and oxygen atoms in total. The van der Waals surface area contributed by atoms with Crippen molar-refractivity contribution in [3.8, 4) is 35.5 Å². The summed E-state index contributed by atoms with van der Waals surface area (Å²) in [5, 5.41) is 8.27. The molecule has 0 spiro atoms. The summed E-state index contributed by atoms with van der Waals surface area (Å²) in [6, 6.07) is 0. The first-order valence-corrected chi connectivity index (χ1v) is 3.67. The number of rotatable bonds is 0. The lowest BCUT2D eigenvalue weighted by Crippen LogP contribution is -1.98. The van der Waals surface area contributed by atoms with E-state index in [1.807, 2.05) is 20.8 Å². The Balaban J connectivity index is 4.08. The molecule has 0 rings (SSSR count). The molecule has 12 heavy (non-hydrogen) atoms. The molecule has 0 amide bonds. The second kappa shape index (κ2) is 5.31. The third-order valence-corrected chi connectivity index (χ3v) is 0.792. The van der Waals surface area contributed by atoms with Crippen molar-refractivity contribution in [1.29, 1.82) is 0 Å². The first-order valence-electron chi connectivity index (χ1n) is 3.67. The summed E-state index contributed by atoms with van der Waals surface area (Å²) >= 11 is 0. The van der Waals surface area contributed by atoms with Crippen LogP contribution in [0.5, 0.6) is 0 Å². The molecule has 0 unspecified atom stereocenters. The van der Waals surface area contributed by atoms with Gasteiger partial charge in [-0.2, -0.15) is 0 Å². The lowest BCUT2D eigenvalue weighted by molar-refractivity contribution is 0.350. The fraction of sp³-hybridized carbons (Fsp3) is 0.455. The molecule has 62 valence electrons. The molecule has 1 heteroatoms. The lowest BCUT2D eigenvalue weighted by atomic mass is 9.98. The molecule has 0 aromatic heterocycles. The summed E-state index contributed by atoms with van der Waals surface area (Å²) in [6.07, 6.45) is 0. The van der Waals surface area contributed by atoms with E-state index in [2.05, 4.69) is 35.5 Å². The monoisotopic (exact) mass is 160 g/mol. The molecule has 0 heterocycles. The summed E-state index contributed by atoms with van der Waals surface area (Å²) in [7, 11) is 0. The van der Waals surface area contributed by atoms with Crippen LogP contribution >= 0.6 is 0 Å². The highest BCUT2D eigenvalue weighted by Crippen LogP contribution is 2.09. The van der Waals surface area contributed by atoms with Crippen molar-refractivity contribution < 1.29 is 5.11 Å². The normalized spacial score (nSPS) is 8.00. The quantitative estimate of drug-likeness (QED) is 0.525. The molecule has 1 N–H and O–H groups in total. The molecule has 0 bridgehead atoms. The maximum atomic E-state index is 8.27. The smallest absolute Gasteiger partial charge is 0.105 e. The van der Waals surface area contributed by atoms with E-state index in [1.165, 1.54) is 0 Å². The van der Waals surface area contributed by atoms with Crippen LogP contribution in [0.2, 0.25) is 0 Å². The second-order valence-electron chi connectivity index (χ2n) is 3.21. The van der Waals surface area contributed by atoms with E-state index >= 15 is 0 Å². The van der Waals surface area contributed by atoms with Crippen LogP contribution in [0.25, 0.3) is 0 Å². The molecule has 0 aromatic rings. The topological polar surface area (TPSA) is 20.2 Å². The minimum Gasteiger partial charge on any atom is -0.384 e. The van der Waals surface area contributed by atoms with Crippen molar-refractivity contribution in [2.75, 3.05) is 6.61 Å². The molecule has 0 radical (unpaired) electrons. The molecular formula is C11H12O. The van der Waals surface area contributed by atoms with Gasteiger partial charge in [-0.25, -0.2) is 0 Å². The minimum atomic E-state index is -0.151. The Kier molecular flexibility index (Phi) is 4.71. The maximum Gasteiger partial charge on any atom is 0.105 e. The van der Waals surface area contributed by atoms with Crippen LogP contribution in [0.15, 0.2) is 0 Å². The van der Waals surface area contributed by atoms with Gasteiger partial charge in [-0.3, -0.25) is 0 Å². The van der Waals surface area contributed by atoms with Crippen molar-refractivity contribution >= 4 is 0 Å². The molecule has 0 saturated carbocycles. The Bertz CT molecular complexity index is 299. The standard InChI is InChI=1S/C11H12O/c1-11(2,3)9-7-5-4-6-8-10-12/h12H,10H2,1-3H3. The predicted molar refractivity (Wildman–Crippen MR) is 49.9 cm³/mol. The van der Waals surface area contributed by atoms with Crippen LogP contribution in [0.4, 0.5) is 0 Å². The predicted octanol–water partition coefficient (Wildman–Crippen LogP) is 1.03. The van der Waals surface area contributed by atoms with Crippen molar-refractivity contribution in [2.45, 2.75) is 20.8 Å². The van der Waals surface area contributed by atoms with E-state index in [9.17, 15) is 0 Å². The van der Waals surface area contributed by atoms with E-state index in [4.69, 9.17) is 5.11 Å². The number of aliphatic hydroxyl groups excluding tert-OH is 1. The van der Waals surface area contributed by atoms with Gasteiger partial charge >= 0.3 is 0 Å². The Morgan fingerprint density at radius 3 is 2.08 bits per heavy atom. The maximum absolute atomic E-state index is 8.27. The summed E-state index contributed by atoms with van der Waals surface area (Å²) in [5.74, 6) is 15.6. The molecular weight excluding hydrogens is 148 g/mol. The molecule has 0 saturated heterocycles. The van der Waals surface area contributed by atoms with Gasteiger partial charge in [-0.05, 0) is 44.5 Å². The first kappa shape index (κ1) is 10.6. The van der Waals surface area contributed by atoms with Crippen LogP contribution < -0.4 is 0 Å². The average molecular weight is 160 g/mol. The van der Waals surface area contributed by atoms with Crippen LogP contribution in [-0.2, 0) is 0 Å². The van der Waals surface area contributed by atoms with E-state index in [1.54, 1.807) is 0 Å². The second-order valence-corrected chi connectivity index (χ2v) is 3.21. The van der Waals surface area contributed by atoms with E-state index in [0.29, 0.717) is 0 Å². The number of hydrogen-bond donors (Lipinski definition) is 1. The zero-order chi connectivity index (χ0) is 9.45.